The van der Waals surface area contributed by atoms with Crippen LogP contribution in [0.25, 0.3) is 0 Å². The van der Waals surface area contributed by atoms with Crippen LogP contribution in [-0.4, -0.2) is 54.1 Å². The van der Waals surface area contributed by atoms with Gasteiger partial charge in [0.2, 0.25) is 10.0 Å². The van der Waals surface area contributed by atoms with E-state index >= 15 is 0 Å². The summed E-state index contributed by atoms with van der Waals surface area (Å²) in [7, 11) is -3.33. The minimum Gasteiger partial charge on any atom is -0.367 e. The number of sulfonamides is 1. The predicted molar refractivity (Wildman–Crippen MR) is 97.2 cm³/mol. The number of nitrogens with zero attached hydrogens (tertiary/aromatic N) is 3. The van der Waals surface area contributed by atoms with Gasteiger partial charge in [0, 0.05) is 31.1 Å². The van der Waals surface area contributed by atoms with Crippen molar-refractivity contribution >= 4 is 15.8 Å². The third kappa shape index (κ3) is 4.26. The van der Waals surface area contributed by atoms with Crippen molar-refractivity contribution in [3.63, 3.8) is 0 Å². The van der Waals surface area contributed by atoms with E-state index in [1.807, 2.05) is 20.8 Å². The van der Waals surface area contributed by atoms with E-state index in [2.05, 4.69) is 10.4 Å². The molecule has 0 spiro atoms. The van der Waals surface area contributed by atoms with Crippen molar-refractivity contribution in [2.45, 2.75) is 64.2 Å². The highest BCUT2D eigenvalue weighted by atomic mass is 32.2. The quantitative estimate of drug-likeness (QED) is 0.815. The van der Waals surface area contributed by atoms with E-state index in [0.717, 1.165) is 10.9 Å². The van der Waals surface area contributed by atoms with Crippen molar-refractivity contribution in [2.75, 3.05) is 24.7 Å². The van der Waals surface area contributed by atoms with Crippen LogP contribution in [0.5, 0.6) is 0 Å². The first-order valence-electron chi connectivity index (χ1n) is 9.14. The SMILES string of the molecule is CC(C)(C)[C@@H]1C[C@H](C(F)(F)F)n2nc([C@@H]3CCCN(S(C)(=O)=O)C3)cc2N1. The fraction of sp³-hybridized carbons (Fsp3) is 0.824. The zero-order valence-electron chi connectivity index (χ0n) is 16.0. The van der Waals surface area contributed by atoms with Gasteiger partial charge in [-0.1, -0.05) is 20.8 Å². The van der Waals surface area contributed by atoms with Gasteiger partial charge < -0.3 is 5.32 Å². The Bertz CT molecular complexity index is 798. The molecule has 2 aliphatic rings. The van der Waals surface area contributed by atoms with E-state index in [0.29, 0.717) is 30.9 Å². The Morgan fingerprint density at radius 3 is 2.48 bits per heavy atom. The summed E-state index contributed by atoms with van der Waals surface area (Å²) >= 11 is 0. The van der Waals surface area contributed by atoms with Crippen LogP contribution < -0.4 is 5.32 Å². The molecule has 10 heteroatoms. The van der Waals surface area contributed by atoms with E-state index < -0.39 is 22.2 Å². The number of piperidine rings is 1. The molecule has 27 heavy (non-hydrogen) atoms. The summed E-state index contributed by atoms with van der Waals surface area (Å²) in [5, 5.41) is 7.48. The lowest BCUT2D eigenvalue weighted by Crippen LogP contribution is -2.44. The molecule has 0 amide bonds. The Kier molecular flexibility index (Phi) is 5.03. The molecule has 0 radical (unpaired) electrons. The number of hydrogen-bond donors (Lipinski definition) is 1. The molecule has 0 unspecified atom stereocenters. The van der Waals surface area contributed by atoms with Crippen LogP contribution in [0, 0.1) is 5.41 Å². The summed E-state index contributed by atoms with van der Waals surface area (Å²) in [4.78, 5) is 0. The van der Waals surface area contributed by atoms with Gasteiger partial charge in [-0.3, -0.25) is 0 Å². The van der Waals surface area contributed by atoms with Gasteiger partial charge >= 0.3 is 6.18 Å². The van der Waals surface area contributed by atoms with Crippen molar-refractivity contribution in [3.8, 4) is 0 Å². The molecule has 1 aromatic heterocycles. The molecule has 154 valence electrons. The zero-order chi connectivity index (χ0) is 20.2. The number of nitrogens with one attached hydrogen (secondary N) is 1. The van der Waals surface area contributed by atoms with Crippen LogP contribution in [0.4, 0.5) is 19.0 Å². The summed E-state index contributed by atoms with van der Waals surface area (Å²) in [6.45, 7) is 6.44. The summed E-state index contributed by atoms with van der Waals surface area (Å²) in [6.07, 6.45) is -1.94. The monoisotopic (exact) mass is 408 g/mol. The molecule has 0 aliphatic carbocycles. The van der Waals surface area contributed by atoms with Crippen molar-refractivity contribution in [2.24, 2.45) is 5.41 Å². The van der Waals surface area contributed by atoms with Gasteiger partial charge in [-0.05, 0) is 24.7 Å². The van der Waals surface area contributed by atoms with Gasteiger partial charge in [0.05, 0.1) is 11.9 Å². The molecule has 1 saturated heterocycles. The Morgan fingerprint density at radius 1 is 1.26 bits per heavy atom. The molecule has 1 aromatic rings. The second-order valence-corrected chi connectivity index (χ2v) is 10.7. The maximum atomic E-state index is 13.7. The number of fused-ring (bicyclic) bond motifs is 1. The highest BCUT2D eigenvalue weighted by molar-refractivity contribution is 7.88. The van der Waals surface area contributed by atoms with Crippen molar-refractivity contribution in [1.29, 1.82) is 0 Å². The molecule has 2 aliphatic heterocycles. The summed E-state index contributed by atoms with van der Waals surface area (Å²) in [6, 6.07) is -0.353. The van der Waals surface area contributed by atoms with Crippen LogP contribution in [-0.2, 0) is 10.0 Å². The Hall–Kier alpha value is -1.29. The first-order chi connectivity index (χ1) is 12.3. The van der Waals surface area contributed by atoms with E-state index in [-0.39, 0.29) is 30.3 Å². The van der Waals surface area contributed by atoms with Crippen LogP contribution in [0.2, 0.25) is 0 Å². The van der Waals surface area contributed by atoms with Gasteiger partial charge in [0.25, 0.3) is 0 Å². The second-order valence-electron chi connectivity index (χ2n) is 8.72. The lowest BCUT2D eigenvalue weighted by atomic mass is 9.82. The molecule has 3 atom stereocenters. The Labute approximate surface area is 158 Å². The van der Waals surface area contributed by atoms with Crippen LogP contribution in [0.15, 0.2) is 6.07 Å². The smallest absolute Gasteiger partial charge is 0.367 e. The molecule has 0 bridgehead atoms. The first kappa shape index (κ1) is 20.4. The van der Waals surface area contributed by atoms with E-state index in [1.54, 1.807) is 6.07 Å². The molecule has 3 rings (SSSR count). The molecule has 1 fully saturated rings. The highest BCUT2D eigenvalue weighted by Crippen LogP contribution is 2.44. The number of aromatic nitrogens is 2. The van der Waals surface area contributed by atoms with Crippen molar-refractivity contribution < 1.29 is 21.6 Å². The van der Waals surface area contributed by atoms with E-state index in [9.17, 15) is 21.6 Å². The number of anilines is 1. The third-order valence-corrected chi connectivity index (χ3v) is 6.80. The molecule has 0 aromatic carbocycles. The minimum absolute atomic E-state index is 0.0821. The first-order valence-corrected chi connectivity index (χ1v) is 11.0. The van der Waals surface area contributed by atoms with E-state index in [1.165, 1.54) is 4.31 Å². The summed E-state index contributed by atoms with van der Waals surface area (Å²) < 4.78 is 67.1. The lowest BCUT2D eigenvalue weighted by Gasteiger charge is -2.39. The minimum atomic E-state index is -4.39. The summed E-state index contributed by atoms with van der Waals surface area (Å²) in [5.74, 6) is 0.158. The summed E-state index contributed by atoms with van der Waals surface area (Å²) in [5.41, 5.74) is 0.187. The van der Waals surface area contributed by atoms with Gasteiger partial charge in [-0.15, -0.1) is 0 Å². The van der Waals surface area contributed by atoms with Gasteiger partial charge in [-0.2, -0.15) is 18.3 Å². The highest BCUT2D eigenvalue weighted by Gasteiger charge is 2.48. The Balaban J connectivity index is 1.93. The van der Waals surface area contributed by atoms with Crippen molar-refractivity contribution in [1.82, 2.24) is 14.1 Å². The largest absolute Gasteiger partial charge is 0.410 e. The third-order valence-electron chi connectivity index (χ3n) is 5.53. The topological polar surface area (TPSA) is 67.2 Å². The zero-order valence-corrected chi connectivity index (χ0v) is 16.9. The predicted octanol–water partition coefficient (Wildman–Crippen LogP) is 3.36. The van der Waals surface area contributed by atoms with Crippen LogP contribution >= 0.6 is 0 Å². The fourth-order valence-corrected chi connectivity index (χ4v) is 4.76. The number of hydrogen-bond acceptors (Lipinski definition) is 4. The average Bonchev–Trinajstić information content (AvgIpc) is 2.95. The van der Waals surface area contributed by atoms with Crippen molar-refractivity contribution in [3.05, 3.63) is 11.8 Å². The number of halogens is 3. The molecule has 1 N–H and O–H groups in total. The molecule has 3 heterocycles. The second kappa shape index (κ2) is 6.65. The Morgan fingerprint density at radius 2 is 1.93 bits per heavy atom. The molecular formula is C17H27F3N4O2S. The maximum absolute atomic E-state index is 13.7. The number of rotatable bonds is 2. The standard InChI is InChI=1S/C17H27F3N4O2S/c1-16(2,3)13-9-14(17(18,19)20)24-15(21-13)8-12(22-24)11-6-5-7-23(10-11)27(4,25)26/h8,11,13-14,21H,5-7,9-10H2,1-4H3/t11-,13+,14-/m1/s1. The van der Waals surface area contributed by atoms with Gasteiger partial charge in [-0.25, -0.2) is 17.4 Å². The van der Waals surface area contributed by atoms with E-state index in [4.69, 9.17) is 0 Å². The lowest BCUT2D eigenvalue weighted by molar-refractivity contribution is -0.175. The van der Waals surface area contributed by atoms with Crippen LogP contribution in [0.3, 0.4) is 0 Å². The molecular weight excluding hydrogens is 381 g/mol. The van der Waals surface area contributed by atoms with Gasteiger partial charge in [0.1, 0.15) is 5.82 Å². The number of alkyl halides is 3. The maximum Gasteiger partial charge on any atom is 0.410 e. The normalized spacial score (nSPS) is 27.9. The average molecular weight is 408 g/mol. The fourth-order valence-electron chi connectivity index (χ4n) is 3.85. The molecule has 0 saturated carbocycles. The van der Waals surface area contributed by atoms with Gasteiger partial charge in [0.15, 0.2) is 6.04 Å². The van der Waals surface area contributed by atoms with Crippen LogP contribution in [0.1, 0.15) is 57.7 Å². The molecule has 6 nitrogen and oxygen atoms in total.